The highest BCUT2D eigenvalue weighted by atomic mass is 32.2. The van der Waals surface area contributed by atoms with Crippen LogP contribution >= 0.6 is 11.5 Å². The second kappa shape index (κ2) is 5.45. The molecule has 116 valence electrons. The normalized spacial score (nSPS) is 18.5. The Kier molecular flexibility index (Phi) is 3.78. The maximum atomic E-state index is 12.3. The molecule has 1 amide bonds. The monoisotopic (exact) mass is 330 g/mol. The number of carbonyl (C=O) groups excluding carboxylic acids is 1. The summed E-state index contributed by atoms with van der Waals surface area (Å²) in [5, 5.41) is 5.99. The summed E-state index contributed by atoms with van der Waals surface area (Å²) in [6.45, 7) is 0.368. The number of nitrogen functional groups attached to an aromatic ring is 1. The molecule has 0 bridgehead atoms. The Morgan fingerprint density at radius 2 is 2.05 bits per heavy atom. The van der Waals surface area contributed by atoms with E-state index >= 15 is 0 Å². The van der Waals surface area contributed by atoms with Crippen LogP contribution in [0.5, 0.6) is 0 Å². The first-order valence-electron chi connectivity index (χ1n) is 7.01. The minimum Gasteiger partial charge on any atom is -0.382 e. The topological polar surface area (TPSA) is 114 Å². The quantitative estimate of drug-likeness (QED) is 0.679. The maximum Gasteiger partial charge on any atom is 0.221 e. The van der Waals surface area contributed by atoms with Gasteiger partial charge in [0.25, 0.3) is 0 Å². The van der Waals surface area contributed by atoms with Gasteiger partial charge in [-0.2, -0.15) is 4.37 Å². The third-order valence-corrected chi connectivity index (χ3v) is 6.78. The van der Waals surface area contributed by atoms with Crippen LogP contribution in [0.4, 0.5) is 10.8 Å². The van der Waals surface area contributed by atoms with E-state index in [1.54, 1.807) is 0 Å². The lowest BCUT2D eigenvalue weighted by molar-refractivity contribution is -0.120. The first-order chi connectivity index (χ1) is 9.98. The Morgan fingerprint density at radius 1 is 1.33 bits per heavy atom. The van der Waals surface area contributed by atoms with Crippen molar-refractivity contribution >= 4 is 38.1 Å². The molecule has 0 aliphatic heterocycles. The average molecular weight is 330 g/mol. The van der Waals surface area contributed by atoms with E-state index in [9.17, 15) is 13.2 Å². The van der Waals surface area contributed by atoms with Crippen LogP contribution in [0.2, 0.25) is 0 Å². The highest BCUT2D eigenvalue weighted by Gasteiger charge is 2.40. The molecule has 0 unspecified atom stereocenters. The number of nitrogens with one attached hydrogen (secondary N) is 2. The molecule has 2 aliphatic carbocycles. The van der Waals surface area contributed by atoms with E-state index in [0.29, 0.717) is 36.9 Å². The molecule has 3 rings (SSSR count). The number of aromatic nitrogens is 1. The van der Waals surface area contributed by atoms with Crippen molar-refractivity contribution in [2.24, 2.45) is 0 Å². The molecule has 4 N–H and O–H groups in total. The zero-order valence-corrected chi connectivity index (χ0v) is 13.1. The number of carbonyl (C=O) groups is 1. The van der Waals surface area contributed by atoms with Gasteiger partial charge in [-0.05, 0) is 37.2 Å². The summed E-state index contributed by atoms with van der Waals surface area (Å²) in [6.07, 6.45) is 3.77. The van der Waals surface area contributed by atoms with Crippen LogP contribution in [0.25, 0.3) is 0 Å². The largest absolute Gasteiger partial charge is 0.382 e. The number of hydrogen-bond acceptors (Lipinski definition) is 7. The van der Waals surface area contributed by atoms with E-state index in [1.165, 1.54) is 0 Å². The third kappa shape index (κ3) is 3.29. The van der Waals surface area contributed by atoms with E-state index in [-0.39, 0.29) is 21.9 Å². The van der Waals surface area contributed by atoms with Crippen molar-refractivity contribution in [3.8, 4) is 0 Å². The van der Waals surface area contributed by atoms with Gasteiger partial charge in [-0.25, -0.2) is 8.42 Å². The van der Waals surface area contributed by atoms with Gasteiger partial charge in [0.1, 0.15) is 9.90 Å². The summed E-state index contributed by atoms with van der Waals surface area (Å²) in [5.41, 5.74) is 5.70. The molecule has 2 fully saturated rings. The third-order valence-electron chi connectivity index (χ3n) is 3.50. The second-order valence-electron chi connectivity index (χ2n) is 5.49. The van der Waals surface area contributed by atoms with E-state index in [1.807, 2.05) is 0 Å². The Hall–Kier alpha value is -1.35. The number of anilines is 2. The number of nitrogens with zero attached hydrogens (tertiary/aromatic N) is 1. The van der Waals surface area contributed by atoms with Crippen molar-refractivity contribution in [3.63, 3.8) is 0 Å². The molecule has 0 aromatic carbocycles. The molecule has 2 aliphatic rings. The van der Waals surface area contributed by atoms with Gasteiger partial charge in [0, 0.05) is 19.0 Å². The molecule has 7 nitrogen and oxygen atoms in total. The van der Waals surface area contributed by atoms with Gasteiger partial charge in [-0.15, -0.1) is 0 Å². The van der Waals surface area contributed by atoms with E-state index in [2.05, 4.69) is 15.0 Å². The number of hydrogen-bond donors (Lipinski definition) is 3. The highest BCUT2D eigenvalue weighted by molar-refractivity contribution is 7.92. The summed E-state index contributed by atoms with van der Waals surface area (Å²) in [7, 11) is -3.38. The van der Waals surface area contributed by atoms with Crippen molar-refractivity contribution in [2.45, 2.75) is 48.3 Å². The zero-order chi connectivity index (χ0) is 15.0. The molecule has 0 radical (unpaired) electrons. The molecule has 0 spiro atoms. The summed E-state index contributed by atoms with van der Waals surface area (Å²) < 4.78 is 28.6. The van der Waals surface area contributed by atoms with Crippen molar-refractivity contribution in [1.29, 1.82) is 0 Å². The molecule has 0 atom stereocenters. The van der Waals surface area contributed by atoms with Gasteiger partial charge in [-0.3, -0.25) is 4.79 Å². The lowest BCUT2D eigenvalue weighted by Crippen LogP contribution is -2.27. The molecular weight excluding hydrogens is 312 g/mol. The zero-order valence-electron chi connectivity index (χ0n) is 11.5. The van der Waals surface area contributed by atoms with Crippen LogP contribution in [-0.2, 0) is 14.6 Å². The van der Waals surface area contributed by atoms with Crippen molar-refractivity contribution in [1.82, 2.24) is 9.69 Å². The SMILES string of the molecule is Nc1nsc(NCCC(=O)NC2CC2)c1S(=O)(=O)C1CC1. The van der Waals surface area contributed by atoms with E-state index < -0.39 is 9.84 Å². The van der Waals surface area contributed by atoms with Crippen molar-refractivity contribution in [3.05, 3.63) is 0 Å². The first kappa shape index (κ1) is 14.6. The second-order valence-corrected chi connectivity index (χ2v) is 8.43. The van der Waals surface area contributed by atoms with Gasteiger partial charge in [-0.1, -0.05) is 0 Å². The highest BCUT2D eigenvalue weighted by Crippen LogP contribution is 2.40. The molecule has 21 heavy (non-hydrogen) atoms. The molecule has 1 heterocycles. The Labute approximate surface area is 127 Å². The fraction of sp³-hybridized carbons (Fsp3) is 0.667. The molecular formula is C12H18N4O3S2. The van der Waals surface area contributed by atoms with Gasteiger partial charge >= 0.3 is 0 Å². The Balaban J connectivity index is 1.61. The summed E-state index contributed by atoms with van der Waals surface area (Å²) >= 11 is 1.03. The maximum absolute atomic E-state index is 12.3. The molecule has 1 aromatic heterocycles. The van der Waals surface area contributed by atoms with Crippen molar-refractivity contribution in [2.75, 3.05) is 17.6 Å². The lowest BCUT2D eigenvalue weighted by atomic mass is 10.4. The Morgan fingerprint density at radius 3 is 2.67 bits per heavy atom. The molecule has 0 saturated heterocycles. The average Bonchev–Trinajstić information content (AvgIpc) is 3.29. The van der Waals surface area contributed by atoms with Crippen LogP contribution in [0.3, 0.4) is 0 Å². The Bertz CT molecular complexity index is 647. The van der Waals surface area contributed by atoms with Crippen LogP contribution in [-0.4, -0.2) is 36.5 Å². The first-order valence-corrected chi connectivity index (χ1v) is 9.32. The predicted octanol–water partition coefficient (Wildman–Crippen LogP) is 0.742. The number of nitrogens with two attached hydrogens (primary N) is 1. The number of rotatable bonds is 7. The van der Waals surface area contributed by atoms with E-state index in [0.717, 1.165) is 24.4 Å². The number of sulfone groups is 1. The van der Waals surface area contributed by atoms with Gasteiger partial charge in [0.2, 0.25) is 5.91 Å². The fourth-order valence-corrected chi connectivity index (χ4v) is 4.95. The summed E-state index contributed by atoms with van der Waals surface area (Å²) in [6, 6.07) is 0.336. The standard InChI is InChI=1S/C12H18N4O3S2/c13-11-10(21(18,19)8-3-4-8)12(20-16-11)14-6-5-9(17)15-7-1-2-7/h7-8,14H,1-6H2,(H2,13,16)(H,15,17). The smallest absolute Gasteiger partial charge is 0.221 e. The van der Waals surface area contributed by atoms with Crippen molar-refractivity contribution < 1.29 is 13.2 Å². The molecule has 9 heteroatoms. The van der Waals surface area contributed by atoms with Crippen LogP contribution in [0, 0.1) is 0 Å². The minimum atomic E-state index is -3.38. The summed E-state index contributed by atoms with van der Waals surface area (Å²) in [4.78, 5) is 11.7. The fourth-order valence-electron chi connectivity index (χ4n) is 2.04. The lowest BCUT2D eigenvalue weighted by Gasteiger charge is -2.08. The van der Waals surface area contributed by atoms with Crippen LogP contribution < -0.4 is 16.4 Å². The summed E-state index contributed by atoms with van der Waals surface area (Å²) in [5.74, 6) is 0.0333. The number of amides is 1. The molecule has 2 saturated carbocycles. The van der Waals surface area contributed by atoms with Crippen LogP contribution in [0.1, 0.15) is 32.1 Å². The minimum absolute atomic E-state index is 0.0194. The van der Waals surface area contributed by atoms with E-state index in [4.69, 9.17) is 5.73 Å². The van der Waals surface area contributed by atoms with Gasteiger partial charge in [0.15, 0.2) is 15.7 Å². The molecule has 1 aromatic rings. The van der Waals surface area contributed by atoms with Gasteiger partial charge in [0.05, 0.1) is 5.25 Å². The van der Waals surface area contributed by atoms with Crippen LogP contribution in [0.15, 0.2) is 4.90 Å². The predicted molar refractivity (Wildman–Crippen MR) is 81.0 cm³/mol. The van der Waals surface area contributed by atoms with Gasteiger partial charge < -0.3 is 16.4 Å².